The van der Waals surface area contributed by atoms with Gasteiger partial charge in [0.25, 0.3) is 0 Å². The van der Waals surface area contributed by atoms with Gasteiger partial charge in [0.05, 0.1) is 12.7 Å². The van der Waals surface area contributed by atoms with E-state index in [9.17, 15) is 21.6 Å². The molecule has 10 heteroatoms. The number of esters is 1. The molecular weight excluding hydrogens is 380 g/mol. The highest BCUT2D eigenvalue weighted by Crippen LogP contribution is 2.30. The summed E-state index contributed by atoms with van der Waals surface area (Å²) < 4.78 is 59.2. The maximum atomic E-state index is 13.1. The van der Waals surface area contributed by atoms with Crippen LogP contribution in [-0.2, 0) is 24.8 Å². The third kappa shape index (κ3) is 4.08. The Morgan fingerprint density at radius 2 is 1.35 bits per heavy atom. The summed E-state index contributed by atoms with van der Waals surface area (Å²) >= 11 is 0. The number of nitrogens with zero attached hydrogens (tertiary/aromatic N) is 2. The van der Waals surface area contributed by atoms with E-state index in [1.807, 2.05) is 0 Å². The van der Waals surface area contributed by atoms with Crippen molar-refractivity contribution in [2.75, 3.05) is 33.3 Å². The van der Waals surface area contributed by atoms with Gasteiger partial charge in [-0.25, -0.2) is 21.6 Å². The van der Waals surface area contributed by atoms with Gasteiger partial charge >= 0.3 is 5.97 Å². The summed E-state index contributed by atoms with van der Waals surface area (Å²) in [4.78, 5) is 11.2. The van der Waals surface area contributed by atoms with Crippen LogP contribution in [0.5, 0.6) is 0 Å². The molecule has 148 valence electrons. The molecule has 26 heavy (non-hydrogen) atoms. The number of ether oxygens (including phenoxy) is 1. The molecular formula is C16H26N2O6S2. The maximum absolute atomic E-state index is 13.1. The van der Waals surface area contributed by atoms with E-state index >= 15 is 0 Å². The van der Waals surface area contributed by atoms with Crippen molar-refractivity contribution >= 4 is 26.0 Å². The van der Waals surface area contributed by atoms with Crippen molar-refractivity contribution in [2.45, 2.75) is 37.5 Å². The van der Waals surface area contributed by atoms with E-state index in [1.54, 1.807) is 27.7 Å². The van der Waals surface area contributed by atoms with Crippen LogP contribution in [0.25, 0.3) is 0 Å². The number of hydrogen-bond acceptors (Lipinski definition) is 6. The van der Waals surface area contributed by atoms with Gasteiger partial charge in [-0.05, 0) is 12.1 Å². The molecule has 0 unspecified atom stereocenters. The topological polar surface area (TPSA) is 101 Å². The minimum absolute atomic E-state index is 0.138. The van der Waals surface area contributed by atoms with Crippen LogP contribution < -0.4 is 0 Å². The first-order valence-corrected chi connectivity index (χ1v) is 11.2. The van der Waals surface area contributed by atoms with Gasteiger partial charge in [0.1, 0.15) is 9.79 Å². The first-order chi connectivity index (χ1) is 12.1. The molecule has 0 aliphatic rings. The molecule has 0 bridgehead atoms. The Kier molecular flexibility index (Phi) is 7.75. The standard InChI is InChI=1S/C16H26N2O6S2/c1-6-17(7-2)25(20,21)14-12-10-11-13(16(19)24-5)15(14)26(22,23)18(8-3)9-4/h10-12H,6-9H2,1-5H3. The van der Waals surface area contributed by atoms with Gasteiger partial charge in [-0.15, -0.1) is 0 Å². The Morgan fingerprint density at radius 3 is 1.77 bits per heavy atom. The Morgan fingerprint density at radius 1 is 0.885 bits per heavy atom. The highest BCUT2D eigenvalue weighted by Gasteiger charge is 2.36. The van der Waals surface area contributed by atoms with Gasteiger partial charge in [0.2, 0.25) is 20.0 Å². The van der Waals surface area contributed by atoms with Crippen LogP contribution in [0.4, 0.5) is 0 Å². The summed E-state index contributed by atoms with van der Waals surface area (Å²) in [7, 11) is -7.22. The van der Waals surface area contributed by atoms with Gasteiger partial charge in [-0.1, -0.05) is 33.8 Å². The number of hydrogen-bond donors (Lipinski definition) is 0. The minimum atomic E-state index is -4.22. The number of carbonyl (C=O) groups is 1. The molecule has 1 aromatic rings. The first kappa shape index (κ1) is 22.6. The summed E-state index contributed by atoms with van der Waals surface area (Å²) in [6.45, 7) is 7.21. The molecule has 0 heterocycles. The Bertz CT molecular complexity index is 841. The smallest absolute Gasteiger partial charge is 0.339 e. The Labute approximate surface area is 155 Å². The zero-order valence-electron chi connectivity index (χ0n) is 15.7. The van der Waals surface area contributed by atoms with Crippen molar-refractivity contribution in [3.63, 3.8) is 0 Å². The van der Waals surface area contributed by atoms with E-state index in [4.69, 9.17) is 0 Å². The SMILES string of the molecule is CCN(CC)S(=O)(=O)c1cccc(C(=O)OC)c1S(=O)(=O)N(CC)CC. The molecule has 0 spiro atoms. The fourth-order valence-electron chi connectivity index (χ4n) is 2.65. The number of rotatable bonds is 9. The second-order valence-corrected chi connectivity index (χ2v) is 9.08. The van der Waals surface area contributed by atoms with Crippen LogP contribution in [0, 0.1) is 0 Å². The molecule has 1 aromatic carbocycles. The lowest BCUT2D eigenvalue weighted by Gasteiger charge is -2.24. The maximum Gasteiger partial charge on any atom is 0.339 e. The molecule has 0 atom stereocenters. The van der Waals surface area contributed by atoms with E-state index in [0.717, 1.165) is 15.7 Å². The van der Waals surface area contributed by atoms with E-state index in [-0.39, 0.29) is 31.7 Å². The molecule has 0 aliphatic carbocycles. The zero-order chi connectivity index (χ0) is 20.1. The number of sulfonamides is 2. The van der Waals surface area contributed by atoms with Crippen molar-refractivity contribution in [2.24, 2.45) is 0 Å². The Balaban J connectivity index is 3.94. The summed E-state index contributed by atoms with van der Waals surface area (Å²) in [5.74, 6) is -0.910. The quantitative estimate of drug-likeness (QED) is 0.577. The van der Waals surface area contributed by atoms with Gasteiger partial charge < -0.3 is 4.74 Å². The van der Waals surface area contributed by atoms with Crippen LogP contribution in [0.3, 0.4) is 0 Å². The molecule has 0 fully saturated rings. The normalized spacial score (nSPS) is 12.6. The molecule has 8 nitrogen and oxygen atoms in total. The molecule has 1 rings (SSSR count). The van der Waals surface area contributed by atoms with Gasteiger partial charge in [-0.3, -0.25) is 0 Å². The van der Waals surface area contributed by atoms with Crippen LogP contribution in [0.15, 0.2) is 28.0 Å². The van der Waals surface area contributed by atoms with Crippen LogP contribution in [0.1, 0.15) is 38.1 Å². The molecule has 0 radical (unpaired) electrons. The summed E-state index contributed by atoms with van der Waals surface area (Å²) in [6.07, 6.45) is 0. The highest BCUT2D eigenvalue weighted by molar-refractivity contribution is 7.92. The van der Waals surface area contributed by atoms with Crippen molar-refractivity contribution in [1.29, 1.82) is 0 Å². The van der Waals surface area contributed by atoms with Crippen molar-refractivity contribution in [3.8, 4) is 0 Å². The van der Waals surface area contributed by atoms with Gasteiger partial charge in [-0.2, -0.15) is 8.61 Å². The number of methoxy groups -OCH3 is 1. The minimum Gasteiger partial charge on any atom is -0.465 e. The average molecular weight is 407 g/mol. The predicted octanol–water partition coefficient (Wildman–Crippen LogP) is 1.53. The molecule has 0 N–H and O–H groups in total. The van der Waals surface area contributed by atoms with E-state index in [2.05, 4.69) is 4.74 Å². The zero-order valence-corrected chi connectivity index (χ0v) is 17.4. The lowest BCUT2D eigenvalue weighted by atomic mass is 10.2. The van der Waals surface area contributed by atoms with E-state index in [1.165, 1.54) is 18.2 Å². The number of benzene rings is 1. The summed E-state index contributed by atoms with van der Waals surface area (Å²) in [6, 6.07) is 3.80. The van der Waals surface area contributed by atoms with Crippen molar-refractivity contribution in [1.82, 2.24) is 8.61 Å². The Hall–Kier alpha value is -1.49. The highest BCUT2D eigenvalue weighted by atomic mass is 32.2. The third-order valence-electron chi connectivity index (χ3n) is 4.01. The fourth-order valence-corrected chi connectivity index (χ4v) is 6.53. The third-order valence-corrected chi connectivity index (χ3v) is 8.38. The van der Waals surface area contributed by atoms with Gasteiger partial charge in [0, 0.05) is 26.2 Å². The van der Waals surface area contributed by atoms with E-state index < -0.39 is 35.8 Å². The molecule has 0 aliphatic heterocycles. The fraction of sp³-hybridized carbons (Fsp3) is 0.562. The van der Waals surface area contributed by atoms with Crippen LogP contribution in [-0.4, -0.2) is 64.7 Å². The van der Waals surface area contributed by atoms with Crippen LogP contribution in [0.2, 0.25) is 0 Å². The second kappa shape index (κ2) is 8.94. The summed E-state index contributed by atoms with van der Waals surface area (Å²) in [5, 5.41) is 0. The first-order valence-electron chi connectivity index (χ1n) is 8.34. The lowest BCUT2D eigenvalue weighted by molar-refractivity contribution is 0.0595. The average Bonchev–Trinajstić information content (AvgIpc) is 2.61. The van der Waals surface area contributed by atoms with Crippen LogP contribution >= 0.6 is 0 Å². The number of carbonyl (C=O) groups excluding carboxylic acids is 1. The van der Waals surface area contributed by atoms with E-state index in [0.29, 0.717) is 0 Å². The summed E-state index contributed by atoms with van der Waals surface area (Å²) in [5.41, 5.74) is -0.298. The molecule has 0 aromatic heterocycles. The van der Waals surface area contributed by atoms with Gasteiger partial charge in [0.15, 0.2) is 0 Å². The molecule has 0 saturated carbocycles. The molecule has 0 saturated heterocycles. The van der Waals surface area contributed by atoms with Crippen molar-refractivity contribution < 1.29 is 26.4 Å². The monoisotopic (exact) mass is 406 g/mol. The lowest BCUT2D eigenvalue weighted by Crippen LogP contribution is -2.36. The molecule has 0 amide bonds. The van der Waals surface area contributed by atoms with Crippen molar-refractivity contribution in [3.05, 3.63) is 23.8 Å². The second-order valence-electron chi connectivity index (χ2n) is 5.30. The predicted molar refractivity (Wildman–Crippen MR) is 98.0 cm³/mol. The largest absolute Gasteiger partial charge is 0.465 e.